The second kappa shape index (κ2) is 4.84. The van der Waals surface area contributed by atoms with Crippen LogP contribution in [0.1, 0.15) is 10.4 Å². The van der Waals surface area contributed by atoms with Crippen LogP contribution in [0, 0.1) is 0 Å². The molecule has 1 N–H and O–H groups in total. The molecule has 17 heavy (non-hydrogen) atoms. The van der Waals surface area contributed by atoms with Crippen molar-refractivity contribution in [2.24, 2.45) is 0 Å². The highest BCUT2D eigenvalue weighted by atomic mass is 35.5. The van der Waals surface area contributed by atoms with Crippen molar-refractivity contribution in [1.29, 1.82) is 0 Å². The zero-order valence-electron chi connectivity index (χ0n) is 8.63. The van der Waals surface area contributed by atoms with Gasteiger partial charge in [-0.15, -0.1) is 0 Å². The minimum absolute atomic E-state index is 0.00702. The SMILES string of the molecule is O=C(O)c1cnccc1Oc1ccccc1Cl. The Morgan fingerprint density at radius 1 is 1.24 bits per heavy atom. The van der Waals surface area contributed by atoms with Gasteiger partial charge in [-0.1, -0.05) is 23.7 Å². The first kappa shape index (κ1) is 11.4. The fraction of sp³-hybridized carbons (Fsp3) is 0. The number of benzene rings is 1. The number of aromatic carboxylic acids is 1. The molecule has 0 fully saturated rings. The van der Waals surface area contributed by atoms with Crippen LogP contribution < -0.4 is 4.74 Å². The van der Waals surface area contributed by atoms with E-state index in [2.05, 4.69) is 4.98 Å². The molecular formula is C12H8ClNO3. The number of pyridine rings is 1. The highest BCUT2D eigenvalue weighted by Crippen LogP contribution is 2.30. The number of ether oxygens (including phenoxy) is 1. The Bertz CT molecular complexity index is 557. The molecule has 2 aromatic rings. The zero-order valence-corrected chi connectivity index (χ0v) is 9.39. The third-order valence-electron chi connectivity index (χ3n) is 2.07. The number of carbonyl (C=O) groups is 1. The molecule has 0 aliphatic heterocycles. The fourth-order valence-electron chi connectivity index (χ4n) is 1.28. The molecule has 2 rings (SSSR count). The number of aromatic nitrogens is 1. The van der Waals surface area contributed by atoms with Gasteiger partial charge in [0.2, 0.25) is 0 Å². The van der Waals surface area contributed by atoms with Gasteiger partial charge >= 0.3 is 5.97 Å². The van der Waals surface area contributed by atoms with Crippen LogP contribution in [0.25, 0.3) is 0 Å². The van der Waals surface area contributed by atoms with Gasteiger partial charge in [0.25, 0.3) is 0 Å². The van der Waals surface area contributed by atoms with Crippen LogP contribution in [0.4, 0.5) is 0 Å². The van der Waals surface area contributed by atoms with Gasteiger partial charge in [-0.25, -0.2) is 4.79 Å². The Balaban J connectivity index is 2.37. The number of para-hydroxylation sites is 1. The Morgan fingerprint density at radius 3 is 2.71 bits per heavy atom. The molecule has 1 aromatic carbocycles. The van der Waals surface area contributed by atoms with Crippen molar-refractivity contribution in [1.82, 2.24) is 4.98 Å². The molecule has 0 spiro atoms. The maximum atomic E-state index is 10.9. The molecule has 0 saturated heterocycles. The Morgan fingerprint density at radius 2 is 2.00 bits per heavy atom. The zero-order chi connectivity index (χ0) is 12.3. The summed E-state index contributed by atoms with van der Waals surface area (Å²) in [5.74, 6) is -0.483. The van der Waals surface area contributed by atoms with Crippen molar-refractivity contribution in [3.8, 4) is 11.5 Å². The lowest BCUT2D eigenvalue weighted by atomic mass is 10.2. The van der Waals surface area contributed by atoms with E-state index in [9.17, 15) is 4.79 Å². The summed E-state index contributed by atoms with van der Waals surface area (Å²) in [7, 11) is 0. The van der Waals surface area contributed by atoms with E-state index in [1.165, 1.54) is 18.5 Å². The number of hydrogen-bond acceptors (Lipinski definition) is 3. The largest absolute Gasteiger partial charge is 0.477 e. The van der Waals surface area contributed by atoms with E-state index in [1.807, 2.05) is 0 Å². The molecule has 0 unspecified atom stereocenters. The van der Waals surface area contributed by atoms with Crippen LogP contribution in [0.5, 0.6) is 11.5 Å². The van der Waals surface area contributed by atoms with Crippen molar-refractivity contribution in [3.05, 3.63) is 53.3 Å². The molecule has 0 amide bonds. The molecule has 86 valence electrons. The molecule has 5 heteroatoms. The maximum absolute atomic E-state index is 10.9. The third kappa shape index (κ3) is 2.54. The van der Waals surface area contributed by atoms with E-state index in [0.717, 1.165) is 0 Å². The maximum Gasteiger partial charge on any atom is 0.341 e. The molecule has 0 radical (unpaired) electrons. The number of halogens is 1. The third-order valence-corrected chi connectivity index (χ3v) is 2.38. The standard InChI is InChI=1S/C12H8ClNO3/c13-9-3-1-2-4-11(9)17-10-5-6-14-7-8(10)12(15)16/h1-7H,(H,15,16). The number of carboxylic acid groups (broad SMARTS) is 1. The summed E-state index contributed by atoms with van der Waals surface area (Å²) >= 11 is 5.92. The van der Waals surface area contributed by atoms with Crippen molar-refractivity contribution in [2.75, 3.05) is 0 Å². The van der Waals surface area contributed by atoms with E-state index in [1.54, 1.807) is 24.3 Å². The van der Waals surface area contributed by atoms with Gasteiger partial charge in [-0.2, -0.15) is 0 Å². The minimum atomic E-state index is -1.10. The average Bonchev–Trinajstić information content (AvgIpc) is 2.32. The first-order valence-electron chi connectivity index (χ1n) is 4.78. The van der Waals surface area contributed by atoms with E-state index >= 15 is 0 Å². The van der Waals surface area contributed by atoms with Crippen LogP contribution in [0.3, 0.4) is 0 Å². The second-order valence-corrected chi connectivity index (χ2v) is 3.62. The van der Waals surface area contributed by atoms with Gasteiger partial charge in [0.15, 0.2) is 0 Å². The van der Waals surface area contributed by atoms with Crippen molar-refractivity contribution in [2.45, 2.75) is 0 Å². The van der Waals surface area contributed by atoms with E-state index in [-0.39, 0.29) is 11.3 Å². The number of hydrogen-bond donors (Lipinski definition) is 1. The van der Waals surface area contributed by atoms with Gasteiger partial charge < -0.3 is 9.84 Å². The molecule has 0 aliphatic carbocycles. The fourth-order valence-corrected chi connectivity index (χ4v) is 1.45. The van der Waals surface area contributed by atoms with Crippen LogP contribution >= 0.6 is 11.6 Å². The van der Waals surface area contributed by atoms with Crippen molar-refractivity contribution >= 4 is 17.6 Å². The summed E-state index contributed by atoms with van der Waals surface area (Å²) in [6, 6.07) is 8.32. The average molecular weight is 250 g/mol. The van der Waals surface area contributed by atoms with Gasteiger partial charge in [0, 0.05) is 18.5 Å². The number of carboxylic acids is 1. The van der Waals surface area contributed by atoms with Gasteiger partial charge in [-0.3, -0.25) is 4.98 Å². The predicted molar refractivity (Wildman–Crippen MR) is 62.7 cm³/mol. The molecule has 0 aliphatic rings. The normalized spacial score (nSPS) is 9.94. The van der Waals surface area contributed by atoms with Gasteiger partial charge in [0.05, 0.1) is 5.02 Å². The highest BCUT2D eigenvalue weighted by Gasteiger charge is 2.12. The molecular weight excluding hydrogens is 242 g/mol. The van der Waals surface area contributed by atoms with Crippen molar-refractivity contribution < 1.29 is 14.6 Å². The van der Waals surface area contributed by atoms with Gasteiger partial charge in [-0.05, 0) is 12.1 Å². The van der Waals surface area contributed by atoms with Crippen LogP contribution in [0.15, 0.2) is 42.7 Å². The molecule has 4 nitrogen and oxygen atoms in total. The van der Waals surface area contributed by atoms with Crippen LogP contribution in [0.2, 0.25) is 5.02 Å². The lowest BCUT2D eigenvalue weighted by molar-refractivity contribution is 0.0693. The lowest BCUT2D eigenvalue weighted by Crippen LogP contribution is -2.00. The Kier molecular flexibility index (Phi) is 3.25. The minimum Gasteiger partial charge on any atom is -0.477 e. The monoisotopic (exact) mass is 249 g/mol. The summed E-state index contributed by atoms with van der Waals surface area (Å²) in [5.41, 5.74) is -0.00702. The Hall–Kier alpha value is -2.07. The van der Waals surface area contributed by atoms with Crippen LogP contribution in [-0.4, -0.2) is 16.1 Å². The molecule has 0 saturated carbocycles. The van der Waals surface area contributed by atoms with E-state index in [4.69, 9.17) is 21.4 Å². The quantitative estimate of drug-likeness (QED) is 0.907. The summed E-state index contributed by atoms with van der Waals surface area (Å²) in [6.45, 7) is 0. The second-order valence-electron chi connectivity index (χ2n) is 3.21. The van der Waals surface area contributed by atoms with Crippen molar-refractivity contribution in [3.63, 3.8) is 0 Å². The smallest absolute Gasteiger partial charge is 0.341 e. The Labute approximate surface area is 102 Å². The summed E-state index contributed by atoms with van der Waals surface area (Å²) in [4.78, 5) is 14.7. The number of rotatable bonds is 3. The topological polar surface area (TPSA) is 59.4 Å². The number of nitrogens with zero attached hydrogens (tertiary/aromatic N) is 1. The van der Waals surface area contributed by atoms with Gasteiger partial charge in [0.1, 0.15) is 17.1 Å². The van der Waals surface area contributed by atoms with Crippen LogP contribution in [-0.2, 0) is 0 Å². The summed E-state index contributed by atoms with van der Waals surface area (Å²) in [6.07, 6.45) is 2.69. The first-order valence-corrected chi connectivity index (χ1v) is 5.16. The predicted octanol–water partition coefficient (Wildman–Crippen LogP) is 3.23. The summed E-state index contributed by atoms with van der Waals surface area (Å²) < 4.78 is 5.45. The lowest BCUT2D eigenvalue weighted by Gasteiger charge is -2.08. The molecule has 0 atom stereocenters. The first-order chi connectivity index (χ1) is 8.18. The molecule has 0 bridgehead atoms. The highest BCUT2D eigenvalue weighted by molar-refractivity contribution is 6.32. The van der Waals surface area contributed by atoms with E-state index < -0.39 is 5.97 Å². The summed E-state index contributed by atoms with van der Waals surface area (Å²) in [5, 5.41) is 9.38. The molecule has 1 aromatic heterocycles. The molecule has 1 heterocycles. The van der Waals surface area contributed by atoms with E-state index in [0.29, 0.717) is 10.8 Å².